The van der Waals surface area contributed by atoms with E-state index in [0.717, 1.165) is 23.1 Å². The first-order valence-electron chi connectivity index (χ1n) is 14.2. The standard InChI is InChI=1S/C36H38O5/c37-22-21-33-36(40-26-31-19-11-4-12-20-31)35(39-25-30-17-9-3-10-18-30)32(23-28-13-5-1-6-14-28)34(41-33)27-38-24-29-15-7-2-8-16-29/h1-21,32,34-37H,22-27H2/b33-21+. The van der Waals surface area contributed by atoms with Crippen molar-refractivity contribution in [1.82, 2.24) is 0 Å². The Morgan fingerprint density at radius 2 is 1.10 bits per heavy atom. The second kappa shape index (κ2) is 15.3. The molecule has 1 fully saturated rings. The predicted octanol–water partition coefficient (Wildman–Crippen LogP) is 6.51. The molecule has 0 aliphatic carbocycles. The largest absolute Gasteiger partial charge is 0.489 e. The van der Waals surface area contributed by atoms with E-state index in [1.807, 2.05) is 72.8 Å². The van der Waals surface area contributed by atoms with E-state index in [1.165, 1.54) is 5.56 Å². The molecule has 1 heterocycles. The third-order valence-electron chi connectivity index (χ3n) is 7.32. The van der Waals surface area contributed by atoms with Crippen molar-refractivity contribution in [3.63, 3.8) is 0 Å². The molecule has 0 radical (unpaired) electrons. The predicted molar refractivity (Wildman–Crippen MR) is 160 cm³/mol. The molecule has 41 heavy (non-hydrogen) atoms. The molecule has 5 heteroatoms. The summed E-state index contributed by atoms with van der Waals surface area (Å²) in [5, 5.41) is 9.94. The minimum Gasteiger partial charge on any atom is -0.489 e. The first kappa shape index (κ1) is 28.8. The van der Waals surface area contributed by atoms with E-state index in [9.17, 15) is 5.11 Å². The van der Waals surface area contributed by atoms with Crippen molar-refractivity contribution in [2.45, 2.75) is 44.6 Å². The fourth-order valence-corrected chi connectivity index (χ4v) is 5.25. The molecule has 4 aromatic rings. The summed E-state index contributed by atoms with van der Waals surface area (Å²) >= 11 is 0. The van der Waals surface area contributed by atoms with Gasteiger partial charge in [-0.15, -0.1) is 0 Å². The lowest BCUT2D eigenvalue weighted by atomic mass is 9.83. The minimum absolute atomic E-state index is 0.0616. The van der Waals surface area contributed by atoms with Crippen LogP contribution in [0.5, 0.6) is 0 Å². The third-order valence-corrected chi connectivity index (χ3v) is 7.32. The van der Waals surface area contributed by atoms with Gasteiger partial charge in [0, 0.05) is 5.92 Å². The molecule has 212 valence electrons. The molecule has 1 saturated heterocycles. The lowest BCUT2D eigenvalue weighted by Crippen LogP contribution is -2.52. The summed E-state index contributed by atoms with van der Waals surface area (Å²) in [5.41, 5.74) is 4.45. The number of rotatable bonds is 13. The van der Waals surface area contributed by atoms with Crippen LogP contribution < -0.4 is 0 Å². The van der Waals surface area contributed by atoms with Crippen molar-refractivity contribution >= 4 is 0 Å². The molecule has 1 aliphatic heterocycles. The third kappa shape index (κ3) is 8.38. The SMILES string of the molecule is OC/C=C1/OC(COCc2ccccc2)C(Cc2ccccc2)C(OCc2ccccc2)C1OCc1ccccc1. The zero-order valence-corrected chi connectivity index (χ0v) is 23.3. The highest BCUT2D eigenvalue weighted by molar-refractivity contribution is 5.20. The first-order chi connectivity index (χ1) is 20.3. The zero-order valence-electron chi connectivity index (χ0n) is 23.3. The van der Waals surface area contributed by atoms with Crippen molar-refractivity contribution in [3.8, 4) is 0 Å². The Morgan fingerprint density at radius 1 is 0.610 bits per heavy atom. The Labute approximate surface area is 243 Å². The van der Waals surface area contributed by atoms with Crippen LogP contribution >= 0.6 is 0 Å². The molecule has 1 aliphatic rings. The van der Waals surface area contributed by atoms with Gasteiger partial charge in [-0.1, -0.05) is 121 Å². The van der Waals surface area contributed by atoms with E-state index in [4.69, 9.17) is 18.9 Å². The van der Waals surface area contributed by atoms with E-state index in [-0.39, 0.29) is 24.7 Å². The van der Waals surface area contributed by atoms with Gasteiger partial charge in [0.2, 0.25) is 0 Å². The van der Waals surface area contributed by atoms with E-state index in [1.54, 1.807) is 6.08 Å². The van der Waals surface area contributed by atoms with Crippen LogP contribution in [-0.2, 0) is 45.2 Å². The molecular weight excluding hydrogens is 512 g/mol. The van der Waals surface area contributed by atoms with Crippen LogP contribution in [0.2, 0.25) is 0 Å². The van der Waals surface area contributed by atoms with Crippen molar-refractivity contribution in [2.24, 2.45) is 5.92 Å². The summed E-state index contributed by atoms with van der Waals surface area (Å²) in [6.07, 6.45) is 1.30. The van der Waals surface area contributed by atoms with Gasteiger partial charge in [-0.3, -0.25) is 0 Å². The lowest BCUT2D eigenvalue weighted by Gasteiger charge is -2.44. The van der Waals surface area contributed by atoms with Crippen molar-refractivity contribution < 1.29 is 24.1 Å². The number of aliphatic hydroxyl groups is 1. The summed E-state index contributed by atoms with van der Waals surface area (Å²) in [6, 6.07) is 40.8. The van der Waals surface area contributed by atoms with E-state index >= 15 is 0 Å². The Morgan fingerprint density at radius 3 is 1.63 bits per heavy atom. The Kier molecular flexibility index (Phi) is 10.7. The molecule has 5 nitrogen and oxygen atoms in total. The quantitative estimate of drug-likeness (QED) is 0.206. The second-order valence-corrected chi connectivity index (χ2v) is 10.3. The van der Waals surface area contributed by atoms with Crippen LogP contribution in [0, 0.1) is 5.92 Å². The fraction of sp³-hybridized carbons (Fsp3) is 0.278. The van der Waals surface area contributed by atoms with E-state index in [0.29, 0.717) is 32.2 Å². The first-order valence-corrected chi connectivity index (χ1v) is 14.2. The van der Waals surface area contributed by atoms with Crippen LogP contribution in [0.1, 0.15) is 22.3 Å². The van der Waals surface area contributed by atoms with Gasteiger partial charge >= 0.3 is 0 Å². The van der Waals surface area contributed by atoms with Gasteiger partial charge in [0.05, 0.1) is 39.1 Å². The monoisotopic (exact) mass is 550 g/mol. The van der Waals surface area contributed by atoms with Crippen molar-refractivity contribution in [2.75, 3.05) is 13.2 Å². The van der Waals surface area contributed by atoms with Crippen LogP contribution in [0.15, 0.2) is 133 Å². The van der Waals surface area contributed by atoms with Gasteiger partial charge in [-0.25, -0.2) is 0 Å². The summed E-state index contributed by atoms with van der Waals surface area (Å²) in [5.74, 6) is 0.521. The second-order valence-electron chi connectivity index (χ2n) is 10.3. The number of hydrogen-bond donors (Lipinski definition) is 1. The summed E-state index contributed by atoms with van der Waals surface area (Å²) in [6.45, 7) is 1.54. The highest BCUT2D eigenvalue weighted by Crippen LogP contribution is 2.36. The van der Waals surface area contributed by atoms with Gasteiger partial charge in [-0.2, -0.15) is 0 Å². The maximum Gasteiger partial charge on any atom is 0.141 e. The Bertz CT molecular complexity index is 1310. The number of benzene rings is 4. The molecule has 1 N–H and O–H groups in total. The normalized spacial score (nSPS) is 21.4. The highest BCUT2D eigenvalue weighted by atomic mass is 16.6. The van der Waals surface area contributed by atoms with Crippen molar-refractivity contribution in [3.05, 3.63) is 155 Å². The van der Waals surface area contributed by atoms with Gasteiger partial charge in [0.25, 0.3) is 0 Å². The summed E-state index contributed by atoms with van der Waals surface area (Å²) in [7, 11) is 0. The number of aliphatic hydroxyl groups excluding tert-OH is 1. The van der Waals surface area contributed by atoms with Gasteiger partial charge < -0.3 is 24.1 Å². The molecule has 0 bridgehead atoms. The van der Waals surface area contributed by atoms with E-state index in [2.05, 4.69) is 48.5 Å². The molecule has 4 unspecified atom stereocenters. The lowest BCUT2D eigenvalue weighted by molar-refractivity contribution is -0.182. The summed E-state index contributed by atoms with van der Waals surface area (Å²) in [4.78, 5) is 0. The highest BCUT2D eigenvalue weighted by Gasteiger charge is 2.45. The maximum atomic E-state index is 9.94. The minimum atomic E-state index is -0.495. The zero-order chi connectivity index (χ0) is 28.1. The average molecular weight is 551 g/mol. The van der Waals surface area contributed by atoms with Gasteiger partial charge in [0.15, 0.2) is 0 Å². The fourth-order valence-electron chi connectivity index (χ4n) is 5.25. The molecule has 0 saturated carbocycles. The van der Waals surface area contributed by atoms with Crippen LogP contribution in [0.3, 0.4) is 0 Å². The number of hydrogen-bond acceptors (Lipinski definition) is 5. The molecule has 4 aromatic carbocycles. The van der Waals surface area contributed by atoms with E-state index < -0.39 is 6.10 Å². The van der Waals surface area contributed by atoms with Crippen LogP contribution in [-0.4, -0.2) is 36.6 Å². The molecular formula is C36H38O5. The molecule has 0 spiro atoms. The smallest absolute Gasteiger partial charge is 0.141 e. The summed E-state index contributed by atoms with van der Waals surface area (Å²) < 4.78 is 26.1. The average Bonchev–Trinajstić information content (AvgIpc) is 3.03. The Balaban J connectivity index is 1.43. The molecule has 0 amide bonds. The molecule has 5 rings (SSSR count). The maximum absolute atomic E-state index is 9.94. The van der Waals surface area contributed by atoms with Gasteiger partial charge in [0.1, 0.15) is 18.0 Å². The number of ether oxygens (including phenoxy) is 4. The molecule has 4 atom stereocenters. The van der Waals surface area contributed by atoms with Crippen LogP contribution in [0.4, 0.5) is 0 Å². The van der Waals surface area contributed by atoms with Gasteiger partial charge in [-0.05, 0) is 34.8 Å². The molecule has 0 aromatic heterocycles. The Hall–Kier alpha value is -3.74. The topological polar surface area (TPSA) is 57.2 Å². The van der Waals surface area contributed by atoms with Crippen molar-refractivity contribution in [1.29, 1.82) is 0 Å². The van der Waals surface area contributed by atoms with Crippen LogP contribution in [0.25, 0.3) is 0 Å².